The van der Waals surface area contributed by atoms with Gasteiger partial charge in [0.25, 0.3) is 11.8 Å². The number of hydrogen-bond acceptors (Lipinski definition) is 6. The molecule has 0 bridgehead atoms. The Balaban J connectivity index is 1.25. The summed E-state index contributed by atoms with van der Waals surface area (Å²) in [4.78, 5) is 55.6. The third-order valence-corrected chi connectivity index (χ3v) is 8.35. The summed E-state index contributed by atoms with van der Waals surface area (Å²) in [7, 11) is 0. The van der Waals surface area contributed by atoms with Crippen molar-refractivity contribution in [1.29, 1.82) is 0 Å². The molecule has 1 atom stereocenters. The van der Waals surface area contributed by atoms with E-state index in [1.54, 1.807) is 12.1 Å². The van der Waals surface area contributed by atoms with Gasteiger partial charge in [0.15, 0.2) is 0 Å². The molecule has 4 aliphatic rings. The van der Waals surface area contributed by atoms with Crippen molar-refractivity contribution in [1.82, 2.24) is 15.1 Å². The number of carbonyl (C=O) groups excluding carboxylic acids is 4. The van der Waals surface area contributed by atoms with E-state index in [2.05, 4.69) is 29.0 Å². The molecule has 4 aliphatic heterocycles. The number of carbonyl (C=O) groups is 4. The van der Waals surface area contributed by atoms with Crippen molar-refractivity contribution in [3.8, 4) is 0 Å². The van der Waals surface area contributed by atoms with Gasteiger partial charge in [-0.2, -0.15) is 0 Å². The van der Waals surface area contributed by atoms with Crippen LogP contribution >= 0.6 is 0 Å². The maximum absolute atomic E-state index is 13.1. The molecule has 0 aromatic heterocycles. The number of amides is 4. The number of nitrogens with zero attached hydrogens (tertiary/aromatic N) is 3. The summed E-state index contributed by atoms with van der Waals surface area (Å²) >= 11 is 0. The molecule has 5 rings (SSSR count). The predicted molar refractivity (Wildman–Crippen MR) is 123 cm³/mol. The summed E-state index contributed by atoms with van der Waals surface area (Å²) in [6.07, 6.45) is 4.97. The highest BCUT2D eigenvalue weighted by molar-refractivity contribution is 6.23. The van der Waals surface area contributed by atoms with Crippen molar-refractivity contribution in [2.24, 2.45) is 5.41 Å². The van der Waals surface area contributed by atoms with Gasteiger partial charge < -0.3 is 4.90 Å². The van der Waals surface area contributed by atoms with Crippen molar-refractivity contribution >= 4 is 29.3 Å². The molecule has 1 unspecified atom stereocenters. The molecule has 0 aliphatic carbocycles. The zero-order chi connectivity index (χ0) is 23.3. The second-order valence-corrected chi connectivity index (χ2v) is 10.0. The highest BCUT2D eigenvalue weighted by Gasteiger charge is 2.45. The lowest BCUT2D eigenvalue weighted by molar-refractivity contribution is -0.136. The van der Waals surface area contributed by atoms with E-state index in [0.717, 1.165) is 36.5 Å². The van der Waals surface area contributed by atoms with E-state index in [-0.39, 0.29) is 18.7 Å². The highest BCUT2D eigenvalue weighted by atomic mass is 16.2. The smallest absolute Gasteiger partial charge is 0.262 e. The summed E-state index contributed by atoms with van der Waals surface area (Å²) in [5.41, 5.74) is 2.14. The number of nitrogens with one attached hydrogen (secondary N) is 1. The number of imide groups is 2. The first-order valence-electron chi connectivity index (χ1n) is 12.2. The van der Waals surface area contributed by atoms with Gasteiger partial charge in [-0.25, -0.2) is 0 Å². The van der Waals surface area contributed by atoms with Crippen LogP contribution in [0.5, 0.6) is 0 Å². The van der Waals surface area contributed by atoms with Crippen LogP contribution in [-0.4, -0.2) is 71.7 Å². The van der Waals surface area contributed by atoms with Crippen LogP contribution in [0.4, 0.5) is 5.69 Å². The van der Waals surface area contributed by atoms with Gasteiger partial charge in [0, 0.05) is 44.3 Å². The summed E-state index contributed by atoms with van der Waals surface area (Å²) < 4.78 is 0. The number of benzene rings is 1. The molecule has 3 fully saturated rings. The molecular formula is C25H32N4O4. The fourth-order valence-electron chi connectivity index (χ4n) is 5.92. The predicted octanol–water partition coefficient (Wildman–Crippen LogP) is 2.18. The molecule has 3 saturated heterocycles. The molecular weight excluding hydrogens is 420 g/mol. The lowest BCUT2D eigenvalue weighted by Gasteiger charge is -2.54. The highest BCUT2D eigenvalue weighted by Crippen LogP contribution is 2.40. The summed E-state index contributed by atoms with van der Waals surface area (Å²) in [6.45, 7) is 8.84. The first-order valence-corrected chi connectivity index (χ1v) is 12.2. The Kier molecular flexibility index (Phi) is 5.51. The molecule has 1 aromatic rings. The Bertz CT molecular complexity index is 1000. The first-order chi connectivity index (χ1) is 15.9. The van der Waals surface area contributed by atoms with Crippen LogP contribution in [0.1, 0.15) is 73.1 Å². The van der Waals surface area contributed by atoms with Gasteiger partial charge in [-0.3, -0.25) is 34.3 Å². The summed E-state index contributed by atoms with van der Waals surface area (Å²) in [5, 5.41) is 2.24. The molecule has 8 heteroatoms. The van der Waals surface area contributed by atoms with Crippen LogP contribution in [0.25, 0.3) is 0 Å². The van der Waals surface area contributed by atoms with E-state index in [1.807, 2.05) is 6.07 Å². The van der Waals surface area contributed by atoms with Crippen molar-refractivity contribution in [3.63, 3.8) is 0 Å². The number of anilines is 1. The van der Waals surface area contributed by atoms with Crippen LogP contribution in [0.15, 0.2) is 18.2 Å². The lowest BCUT2D eigenvalue weighted by Crippen LogP contribution is -2.61. The van der Waals surface area contributed by atoms with Gasteiger partial charge in [0.1, 0.15) is 6.04 Å². The molecule has 1 N–H and O–H groups in total. The molecule has 33 heavy (non-hydrogen) atoms. The maximum Gasteiger partial charge on any atom is 0.262 e. The first kappa shape index (κ1) is 22.1. The van der Waals surface area contributed by atoms with Crippen LogP contribution < -0.4 is 10.2 Å². The van der Waals surface area contributed by atoms with Gasteiger partial charge in [-0.05, 0) is 55.7 Å². The minimum absolute atomic E-state index is 0.124. The SMILES string of the molecule is CCC1(CC)CN(C2CCN(c3ccc4c(c3)C(=O)N(C3CCC(=O)NC3=O)C4=O)CC2)C1. The van der Waals surface area contributed by atoms with Crippen molar-refractivity contribution in [3.05, 3.63) is 29.3 Å². The fraction of sp³-hybridized carbons (Fsp3) is 0.600. The minimum atomic E-state index is -0.927. The van der Waals surface area contributed by atoms with Gasteiger partial charge in [0.05, 0.1) is 11.1 Å². The lowest BCUT2D eigenvalue weighted by atomic mass is 9.74. The summed E-state index contributed by atoms with van der Waals surface area (Å²) in [6, 6.07) is 5.10. The zero-order valence-corrected chi connectivity index (χ0v) is 19.4. The second kappa shape index (κ2) is 8.24. The van der Waals surface area contributed by atoms with Gasteiger partial charge in [-0.15, -0.1) is 0 Å². The number of hydrogen-bond donors (Lipinski definition) is 1. The standard InChI is InChI=1S/C25H32N4O4/c1-3-25(4-2)14-28(15-25)16-9-11-27(12-10-16)17-5-6-18-19(13-17)24(33)29(23(18)32)20-7-8-21(30)26-22(20)31/h5-6,13,16,20H,3-4,7-12,14-15H2,1-2H3,(H,26,30,31). The Morgan fingerprint density at radius 3 is 2.24 bits per heavy atom. The van der Waals surface area contributed by atoms with Crippen molar-refractivity contribution < 1.29 is 19.2 Å². The Labute approximate surface area is 194 Å². The number of piperidine rings is 2. The Hall–Kier alpha value is -2.74. The van der Waals surface area contributed by atoms with E-state index < -0.39 is 23.8 Å². The van der Waals surface area contributed by atoms with Crippen molar-refractivity contribution in [2.75, 3.05) is 31.1 Å². The van der Waals surface area contributed by atoms with Gasteiger partial charge >= 0.3 is 0 Å². The molecule has 8 nitrogen and oxygen atoms in total. The van der Waals surface area contributed by atoms with Gasteiger partial charge in [0.2, 0.25) is 11.8 Å². The van der Waals surface area contributed by atoms with E-state index in [4.69, 9.17) is 0 Å². The fourth-order valence-corrected chi connectivity index (χ4v) is 5.92. The monoisotopic (exact) mass is 452 g/mol. The summed E-state index contributed by atoms with van der Waals surface area (Å²) in [5.74, 6) is -1.85. The molecule has 176 valence electrons. The van der Waals surface area contributed by atoms with Gasteiger partial charge in [-0.1, -0.05) is 13.8 Å². The number of rotatable bonds is 5. The number of likely N-dealkylation sites (tertiary alicyclic amines) is 1. The van der Waals surface area contributed by atoms with E-state index >= 15 is 0 Å². The molecule has 0 spiro atoms. The maximum atomic E-state index is 13.1. The third-order valence-electron chi connectivity index (χ3n) is 8.35. The average Bonchev–Trinajstić information content (AvgIpc) is 3.04. The quantitative estimate of drug-likeness (QED) is 0.689. The Morgan fingerprint density at radius 2 is 1.61 bits per heavy atom. The Morgan fingerprint density at radius 1 is 0.939 bits per heavy atom. The second-order valence-electron chi connectivity index (χ2n) is 10.0. The number of fused-ring (bicyclic) bond motifs is 1. The van der Waals surface area contributed by atoms with Crippen LogP contribution in [-0.2, 0) is 9.59 Å². The third kappa shape index (κ3) is 3.64. The molecule has 4 heterocycles. The minimum Gasteiger partial charge on any atom is -0.371 e. The van der Waals surface area contributed by atoms with E-state index in [9.17, 15) is 19.2 Å². The normalized spacial score (nSPS) is 25.8. The molecule has 1 aromatic carbocycles. The van der Waals surface area contributed by atoms with E-state index in [0.29, 0.717) is 22.6 Å². The van der Waals surface area contributed by atoms with Crippen molar-refractivity contribution in [2.45, 2.75) is 64.5 Å². The topological polar surface area (TPSA) is 90.0 Å². The molecule has 0 radical (unpaired) electrons. The molecule has 0 saturated carbocycles. The van der Waals surface area contributed by atoms with Crippen LogP contribution in [0.3, 0.4) is 0 Å². The average molecular weight is 453 g/mol. The van der Waals surface area contributed by atoms with E-state index in [1.165, 1.54) is 25.9 Å². The molecule has 4 amide bonds. The van der Waals surface area contributed by atoms with Crippen LogP contribution in [0, 0.1) is 5.41 Å². The zero-order valence-electron chi connectivity index (χ0n) is 19.4. The largest absolute Gasteiger partial charge is 0.371 e. The van der Waals surface area contributed by atoms with Crippen LogP contribution in [0.2, 0.25) is 0 Å².